The van der Waals surface area contributed by atoms with Crippen LogP contribution in [0.2, 0.25) is 5.02 Å². The smallest absolute Gasteiger partial charge is 0.258 e. The monoisotopic (exact) mass is 394 g/mol. The maximum absolute atomic E-state index is 11.1. The fourth-order valence-corrected chi connectivity index (χ4v) is 4.79. The van der Waals surface area contributed by atoms with E-state index < -0.39 is 21.2 Å². The average Bonchev–Trinajstić information content (AvgIpc) is 2.69. The van der Waals surface area contributed by atoms with E-state index in [9.17, 15) is 20.2 Å². The van der Waals surface area contributed by atoms with Crippen LogP contribution in [0.15, 0.2) is 37.2 Å². The van der Waals surface area contributed by atoms with Gasteiger partial charge in [-0.3, -0.25) is 20.2 Å². The molecule has 1 aromatic carbocycles. The number of nitrogens with zero attached hydrogens (tertiary/aromatic N) is 2. The van der Waals surface area contributed by atoms with Gasteiger partial charge in [0.25, 0.3) is 0 Å². The Morgan fingerprint density at radius 3 is 2.15 bits per heavy atom. The summed E-state index contributed by atoms with van der Waals surface area (Å²) in [5.41, 5.74) is -1.01. The van der Waals surface area contributed by atoms with Crippen molar-refractivity contribution in [2.24, 2.45) is 0 Å². The van der Waals surface area contributed by atoms with Gasteiger partial charge in [0.2, 0.25) is 0 Å². The molecule has 1 heterocycles. The van der Waals surface area contributed by atoms with Crippen molar-refractivity contribution in [3.05, 3.63) is 53.3 Å². The van der Waals surface area contributed by atoms with Crippen LogP contribution >= 0.6 is 50.6 Å². The molecule has 0 saturated carbocycles. The lowest BCUT2D eigenvalue weighted by Crippen LogP contribution is -1.94. The molecule has 20 heavy (non-hydrogen) atoms. The lowest BCUT2D eigenvalue weighted by atomic mass is 10.4. The molecule has 0 atom stereocenters. The van der Waals surface area contributed by atoms with Crippen LogP contribution in [0.25, 0.3) is 0 Å². The van der Waals surface area contributed by atoms with Crippen molar-refractivity contribution < 1.29 is 9.85 Å². The van der Waals surface area contributed by atoms with E-state index in [1.807, 2.05) is 0 Å². The van der Waals surface area contributed by atoms with Gasteiger partial charge in [0, 0.05) is 9.92 Å². The van der Waals surface area contributed by atoms with E-state index in [1.165, 1.54) is 0 Å². The lowest BCUT2D eigenvalue weighted by molar-refractivity contribution is -0.423. The fraction of sp³-hybridized carbons (Fsp3) is 0. The van der Waals surface area contributed by atoms with Crippen LogP contribution in [-0.4, -0.2) is 9.85 Å². The summed E-state index contributed by atoms with van der Waals surface area (Å²) >= 11 is 10.8. The summed E-state index contributed by atoms with van der Waals surface area (Å²) in [5, 5.41) is 22.5. The minimum atomic E-state index is -0.759. The van der Waals surface area contributed by atoms with Crippen molar-refractivity contribution in [2.45, 2.75) is 9.10 Å². The highest BCUT2D eigenvalue weighted by molar-refractivity contribution is 9.11. The first kappa shape index (κ1) is 15.2. The molecular formula is C10H4BrClN2O4S2. The van der Waals surface area contributed by atoms with Gasteiger partial charge in [-0.25, -0.2) is 0 Å². The molecule has 1 aromatic heterocycles. The molecule has 0 radical (unpaired) electrons. The topological polar surface area (TPSA) is 86.3 Å². The zero-order chi connectivity index (χ0) is 14.9. The van der Waals surface area contributed by atoms with Crippen LogP contribution in [-0.2, 0) is 0 Å². The van der Waals surface area contributed by atoms with Crippen molar-refractivity contribution in [3.63, 3.8) is 0 Å². The van der Waals surface area contributed by atoms with Gasteiger partial charge >= 0.3 is 11.4 Å². The third kappa shape index (κ3) is 3.11. The zero-order valence-corrected chi connectivity index (χ0v) is 13.4. The first-order valence-electron chi connectivity index (χ1n) is 4.94. The Morgan fingerprint density at radius 1 is 1.10 bits per heavy atom. The van der Waals surface area contributed by atoms with Crippen molar-refractivity contribution in [1.82, 2.24) is 0 Å². The second kappa shape index (κ2) is 6.08. The summed E-state index contributed by atoms with van der Waals surface area (Å²) in [6, 6.07) is 6.67. The third-order valence-electron chi connectivity index (χ3n) is 2.18. The SMILES string of the molecule is O=[N+]([O-])c1c(Br)sc(Sc2ccc(Cl)cc2)c1[N+](=O)[O-]. The number of benzene rings is 1. The fourth-order valence-electron chi connectivity index (χ4n) is 1.37. The second-order valence-corrected chi connectivity index (χ2v) is 7.55. The van der Waals surface area contributed by atoms with Gasteiger partial charge in [-0.05, 0) is 40.2 Å². The zero-order valence-electron chi connectivity index (χ0n) is 9.41. The van der Waals surface area contributed by atoms with E-state index in [2.05, 4.69) is 15.9 Å². The summed E-state index contributed by atoms with van der Waals surface area (Å²) < 4.78 is 0.376. The highest BCUT2D eigenvalue weighted by Crippen LogP contribution is 2.50. The summed E-state index contributed by atoms with van der Waals surface area (Å²) in [7, 11) is 0. The molecule has 10 heteroatoms. The van der Waals surface area contributed by atoms with E-state index in [-0.39, 0.29) is 8.00 Å². The second-order valence-electron chi connectivity index (χ2n) is 3.43. The van der Waals surface area contributed by atoms with Crippen LogP contribution in [0.3, 0.4) is 0 Å². The maximum atomic E-state index is 11.1. The predicted octanol–water partition coefficient (Wildman–Crippen LogP) is 5.13. The molecule has 0 amide bonds. The van der Waals surface area contributed by atoms with Crippen LogP contribution in [0.4, 0.5) is 11.4 Å². The molecule has 0 unspecified atom stereocenters. The summed E-state index contributed by atoms with van der Waals surface area (Å²) in [5.74, 6) is 0. The summed E-state index contributed by atoms with van der Waals surface area (Å²) in [6.45, 7) is 0. The van der Waals surface area contributed by atoms with Crippen LogP contribution < -0.4 is 0 Å². The molecule has 2 aromatic rings. The number of thiophene rings is 1. The van der Waals surface area contributed by atoms with Crippen molar-refractivity contribution >= 4 is 62.0 Å². The van der Waals surface area contributed by atoms with Crippen molar-refractivity contribution in [1.29, 1.82) is 0 Å². The molecule has 0 N–H and O–H groups in total. The molecule has 0 fully saturated rings. The Bertz CT molecular complexity index is 689. The van der Waals surface area contributed by atoms with Crippen LogP contribution in [0.1, 0.15) is 0 Å². The number of hydrogen-bond acceptors (Lipinski definition) is 6. The highest BCUT2D eigenvalue weighted by atomic mass is 79.9. The van der Waals surface area contributed by atoms with E-state index in [0.717, 1.165) is 23.1 Å². The average molecular weight is 396 g/mol. The van der Waals surface area contributed by atoms with Gasteiger partial charge in [0.1, 0.15) is 0 Å². The van der Waals surface area contributed by atoms with Gasteiger partial charge < -0.3 is 0 Å². The van der Waals surface area contributed by atoms with Gasteiger partial charge in [-0.2, -0.15) is 0 Å². The Balaban J connectivity index is 2.46. The molecule has 6 nitrogen and oxygen atoms in total. The normalized spacial score (nSPS) is 10.5. The van der Waals surface area contributed by atoms with E-state index in [4.69, 9.17) is 11.6 Å². The standard InChI is InChI=1S/C10H4BrClN2O4S2/c11-9-7(13(15)16)8(14(17)18)10(20-9)19-6-3-1-5(12)2-4-6/h1-4H. The number of hydrogen-bond donors (Lipinski definition) is 0. The van der Waals surface area contributed by atoms with Gasteiger partial charge in [-0.15, -0.1) is 11.3 Å². The highest BCUT2D eigenvalue weighted by Gasteiger charge is 2.36. The van der Waals surface area contributed by atoms with Gasteiger partial charge in [-0.1, -0.05) is 23.4 Å². The molecule has 0 aliphatic heterocycles. The largest absolute Gasteiger partial charge is 0.372 e. The molecular weight excluding hydrogens is 392 g/mol. The maximum Gasteiger partial charge on any atom is 0.372 e. The van der Waals surface area contributed by atoms with E-state index in [1.54, 1.807) is 24.3 Å². The number of halogens is 2. The molecule has 2 rings (SSSR count). The van der Waals surface area contributed by atoms with E-state index in [0.29, 0.717) is 9.92 Å². The van der Waals surface area contributed by atoms with Gasteiger partial charge in [0.05, 0.1) is 9.85 Å². The molecule has 0 saturated heterocycles. The molecule has 0 bridgehead atoms. The van der Waals surface area contributed by atoms with Crippen molar-refractivity contribution in [2.75, 3.05) is 0 Å². The first-order valence-corrected chi connectivity index (χ1v) is 7.75. The number of rotatable bonds is 4. The van der Waals surface area contributed by atoms with Crippen molar-refractivity contribution in [3.8, 4) is 0 Å². The molecule has 0 spiro atoms. The van der Waals surface area contributed by atoms with Crippen LogP contribution in [0.5, 0.6) is 0 Å². The first-order chi connectivity index (χ1) is 9.40. The lowest BCUT2D eigenvalue weighted by Gasteiger charge is -1.98. The minimum Gasteiger partial charge on any atom is -0.258 e. The Kier molecular flexibility index (Phi) is 4.63. The molecule has 104 valence electrons. The predicted molar refractivity (Wildman–Crippen MR) is 80.9 cm³/mol. The van der Waals surface area contributed by atoms with Crippen LogP contribution in [0, 0.1) is 20.2 Å². The summed E-state index contributed by atoms with van der Waals surface area (Å²) in [6.07, 6.45) is 0. The molecule has 0 aliphatic rings. The summed E-state index contributed by atoms with van der Waals surface area (Å²) in [4.78, 5) is 21.2. The minimum absolute atomic E-state index is 0.130. The Morgan fingerprint density at radius 2 is 1.65 bits per heavy atom. The Labute approximate surface area is 134 Å². The van der Waals surface area contributed by atoms with E-state index >= 15 is 0 Å². The van der Waals surface area contributed by atoms with Gasteiger partial charge in [0.15, 0.2) is 8.00 Å². The quantitative estimate of drug-likeness (QED) is 0.529. The number of nitro groups is 2. The third-order valence-corrected chi connectivity index (χ3v) is 5.43. The Hall–Kier alpha value is -1.16. The molecule has 0 aliphatic carbocycles.